The smallest absolute Gasteiger partial charge is 0.201 e. The molecule has 0 bridgehead atoms. The van der Waals surface area contributed by atoms with Gasteiger partial charge in [0.1, 0.15) is 12.4 Å². The number of hydrogen-bond acceptors (Lipinski definition) is 1. The fourth-order valence-electron chi connectivity index (χ4n) is 4.59. The van der Waals surface area contributed by atoms with E-state index in [1.807, 2.05) is 24.3 Å². The summed E-state index contributed by atoms with van der Waals surface area (Å²) < 4.78 is 49.5. The van der Waals surface area contributed by atoms with Gasteiger partial charge in [0, 0.05) is 11.1 Å². The van der Waals surface area contributed by atoms with E-state index >= 15 is 4.39 Å². The first-order chi connectivity index (χ1) is 16.4. The molecule has 1 unspecified atom stereocenters. The number of allylic oxidation sites excluding steroid dienone is 2. The Bertz CT molecular complexity index is 1220. The predicted octanol–water partition coefficient (Wildman–Crippen LogP) is 8.90. The molecule has 0 fully saturated rings. The van der Waals surface area contributed by atoms with Crippen molar-refractivity contribution in [2.24, 2.45) is 5.92 Å². The zero-order valence-electron chi connectivity index (χ0n) is 19.6. The Kier molecular flexibility index (Phi) is 7.26. The highest BCUT2D eigenvalue weighted by Gasteiger charge is 2.19. The molecular weight excluding hydrogens is 433 g/mol. The number of rotatable bonds is 7. The summed E-state index contributed by atoms with van der Waals surface area (Å²) in [5.41, 5.74) is 4.64. The highest BCUT2D eigenvalue weighted by molar-refractivity contribution is 5.76. The van der Waals surface area contributed by atoms with E-state index in [0.717, 1.165) is 42.4 Å². The van der Waals surface area contributed by atoms with Crippen molar-refractivity contribution >= 4 is 5.57 Å². The van der Waals surface area contributed by atoms with Crippen LogP contribution in [0.15, 0.2) is 67.3 Å². The highest BCUT2D eigenvalue weighted by Crippen LogP contribution is 2.37. The fourth-order valence-corrected chi connectivity index (χ4v) is 4.59. The molecule has 1 aliphatic carbocycles. The standard InChI is InChI=1S/C30H29F3O/c1-4-18-34-27-17-16-26(29(32)30(27)33)23-12-10-21(11-13-23)24-14-15-25(28(31)19(24)3)22-8-6-20(5-2)7-9-22/h4,8,10-17,20H,1,5-7,9,18H2,2-3H3. The van der Waals surface area contributed by atoms with Crippen molar-refractivity contribution in [2.45, 2.75) is 39.5 Å². The van der Waals surface area contributed by atoms with E-state index in [2.05, 4.69) is 19.6 Å². The third-order valence-corrected chi connectivity index (χ3v) is 6.74. The number of hydrogen-bond donors (Lipinski definition) is 0. The summed E-state index contributed by atoms with van der Waals surface area (Å²) in [4.78, 5) is 0. The van der Waals surface area contributed by atoms with E-state index < -0.39 is 11.6 Å². The summed E-state index contributed by atoms with van der Waals surface area (Å²) in [6, 6.07) is 13.8. The van der Waals surface area contributed by atoms with Gasteiger partial charge in [0.15, 0.2) is 11.6 Å². The van der Waals surface area contributed by atoms with E-state index in [1.54, 1.807) is 19.1 Å². The monoisotopic (exact) mass is 462 g/mol. The molecule has 1 nitrogen and oxygen atoms in total. The second-order valence-corrected chi connectivity index (χ2v) is 8.79. The third kappa shape index (κ3) is 4.68. The van der Waals surface area contributed by atoms with Crippen molar-refractivity contribution in [1.82, 2.24) is 0 Å². The van der Waals surface area contributed by atoms with Gasteiger partial charge in [-0.05, 0) is 72.1 Å². The largest absolute Gasteiger partial charge is 0.486 e. The third-order valence-electron chi connectivity index (χ3n) is 6.74. The maximum atomic E-state index is 15.3. The first-order valence-electron chi connectivity index (χ1n) is 11.8. The Labute approximate surface area is 199 Å². The molecular formula is C30H29F3O. The van der Waals surface area contributed by atoms with Gasteiger partial charge >= 0.3 is 0 Å². The van der Waals surface area contributed by atoms with Gasteiger partial charge < -0.3 is 4.74 Å². The minimum atomic E-state index is -1.03. The molecule has 0 radical (unpaired) electrons. The van der Waals surface area contributed by atoms with Crippen LogP contribution in [0.3, 0.4) is 0 Å². The number of benzene rings is 3. The second kappa shape index (κ2) is 10.3. The molecule has 0 aliphatic heterocycles. The van der Waals surface area contributed by atoms with Gasteiger partial charge in [-0.25, -0.2) is 8.78 Å². The first-order valence-corrected chi connectivity index (χ1v) is 11.8. The van der Waals surface area contributed by atoms with Gasteiger partial charge in [-0.1, -0.05) is 68.5 Å². The highest BCUT2D eigenvalue weighted by atomic mass is 19.2. The molecule has 4 heteroatoms. The van der Waals surface area contributed by atoms with Crippen LogP contribution in [0.2, 0.25) is 0 Å². The van der Waals surface area contributed by atoms with E-state index in [9.17, 15) is 8.78 Å². The van der Waals surface area contributed by atoms with Crippen LogP contribution in [0.5, 0.6) is 5.75 Å². The molecule has 1 aliphatic rings. The van der Waals surface area contributed by atoms with E-state index in [1.165, 1.54) is 18.2 Å². The molecule has 0 saturated heterocycles. The second-order valence-electron chi connectivity index (χ2n) is 8.79. The van der Waals surface area contributed by atoms with Crippen LogP contribution >= 0.6 is 0 Å². The van der Waals surface area contributed by atoms with Crippen molar-refractivity contribution in [3.05, 3.63) is 95.8 Å². The van der Waals surface area contributed by atoms with Gasteiger partial charge in [-0.3, -0.25) is 0 Å². The summed E-state index contributed by atoms with van der Waals surface area (Å²) in [6.07, 6.45) is 7.82. The summed E-state index contributed by atoms with van der Waals surface area (Å²) in [7, 11) is 0. The van der Waals surface area contributed by atoms with Crippen molar-refractivity contribution in [2.75, 3.05) is 6.61 Å². The SMILES string of the molecule is C=CCOc1ccc(-c2ccc(-c3ccc(C4=CCC(CC)CC4)c(F)c3C)cc2)c(F)c1F. The lowest BCUT2D eigenvalue weighted by atomic mass is 9.84. The fraction of sp³-hybridized carbons (Fsp3) is 0.267. The zero-order chi connectivity index (χ0) is 24.2. The predicted molar refractivity (Wildman–Crippen MR) is 133 cm³/mol. The molecule has 0 amide bonds. The van der Waals surface area contributed by atoms with Gasteiger partial charge in [-0.15, -0.1) is 0 Å². The zero-order valence-corrected chi connectivity index (χ0v) is 19.6. The van der Waals surface area contributed by atoms with Crippen LogP contribution < -0.4 is 4.74 Å². The van der Waals surface area contributed by atoms with E-state index in [4.69, 9.17) is 4.74 Å². The summed E-state index contributed by atoms with van der Waals surface area (Å²) >= 11 is 0. The lowest BCUT2D eigenvalue weighted by Gasteiger charge is -2.22. The van der Waals surface area contributed by atoms with Crippen LogP contribution in [0.25, 0.3) is 27.8 Å². The maximum Gasteiger partial charge on any atom is 0.201 e. The minimum absolute atomic E-state index is 0.0929. The van der Waals surface area contributed by atoms with Gasteiger partial charge in [0.2, 0.25) is 5.82 Å². The maximum absolute atomic E-state index is 15.3. The summed E-state index contributed by atoms with van der Waals surface area (Å²) in [5.74, 6) is -1.64. The average molecular weight is 463 g/mol. The molecule has 3 aromatic rings. The number of ether oxygens (including phenoxy) is 1. The van der Waals surface area contributed by atoms with E-state index in [-0.39, 0.29) is 23.7 Å². The van der Waals surface area contributed by atoms with Crippen molar-refractivity contribution in [3.8, 4) is 28.0 Å². The molecule has 0 heterocycles. The van der Waals surface area contributed by atoms with E-state index in [0.29, 0.717) is 22.6 Å². The van der Waals surface area contributed by atoms with Gasteiger partial charge in [0.05, 0.1) is 0 Å². The molecule has 0 spiro atoms. The molecule has 176 valence electrons. The van der Waals surface area contributed by atoms with Crippen molar-refractivity contribution in [1.29, 1.82) is 0 Å². The van der Waals surface area contributed by atoms with Gasteiger partial charge in [0.25, 0.3) is 0 Å². The summed E-state index contributed by atoms with van der Waals surface area (Å²) in [5, 5.41) is 0. The normalized spacial score (nSPS) is 15.7. The van der Waals surface area contributed by atoms with Crippen LogP contribution in [-0.2, 0) is 0 Å². The average Bonchev–Trinajstić information content (AvgIpc) is 2.87. The molecule has 0 saturated carbocycles. The lowest BCUT2D eigenvalue weighted by Crippen LogP contribution is -2.05. The van der Waals surface area contributed by atoms with Crippen LogP contribution in [-0.4, -0.2) is 6.61 Å². The number of halogens is 3. The molecule has 34 heavy (non-hydrogen) atoms. The van der Waals surface area contributed by atoms with Crippen LogP contribution in [0.4, 0.5) is 13.2 Å². The Morgan fingerprint density at radius 3 is 2.15 bits per heavy atom. The Morgan fingerprint density at radius 2 is 1.53 bits per heavy atom. The quantitative estimate of drug-likeness (QED) is 0.319. The van der Waals surface area contributed by atoms with Crippen LogP contribution in [0, 0.1) is 30.3 Å². The Morgan fingerprint density at radius 1 is 0.882 bits per heavy atom. The first kappa shape index (κ1) is 23.9. The topological polar surface area (TPSA) is 9.23 Å². The molecule has 3 aromatic carbocycles. The Hall–Kier alpha value is -3.27. The van der Waals surface area contributed by atoms with Crippen LogP contribution in [0.1, 0.15) is 43.7 Å². The molecule has 1 atom stereocenters. The Balaban J connectivity index is 1.60. The van der Waals surface area contributed by atoms with Crippen molar-refractivity contribution in [3.63, 3.8) is 0 Å². The lowest BCUT2D eigenvalue weighted by molar-refractivity contribution is 0.333. The van der Waals surface area contributed by atoms with Crippen molar-refractivity contribution < 1.29 is 17.9 Å². The van der Waals surface area contributed by atoms with Gasteiger partial charge in [-0.2, -0.15) is 4.39 Å². The molecule has 0 aromatic heterocycles. The minimum Gasteiger partial charge on any atom is -0.486 e. The molecule has 4 rings (SSSR count). The molecule has 0 N–H and O–H groups in total. The summed E-state index contributed by atoms with van der Waals surface area (Å²) in [6.45, 7) is 7.59.